The molecule has 0 aromatic rings. The van der Waals surface area contributed by atoms with E-state index in [1.54, 1.807) is 0 Å². The molecule has 1 amide bonds. The maximum atomic E-state index is 12.9. The molecule has 0 spiro atoms. The van der Waals surface area contributed by atoms with E-state index in [-0.39, 0.29) is 42.5 Å². The first-order valence-corrected chi connectivity index (χ1v) is 17.1. The molecule has 0 bridgehead atoms. The number of amides is 1. The van der Waals surface area contributed by atoms with E-state index in [1.807, 2.05) is 6.92 Å². The van der Waals surface area contributed by atoms with Gasteiger partial charge in [0.25, 0.3) is 0 Å². The highest BCUT2D eigenvalue weighted by atomic mass is 16.7. The molecule has 0 aromatic heterocycles. The number of carbonyl (C=O) groups is 2. The van der Waals surface area contributed by atoms with Gasteiger partial charge in [0.2, 0.25) is 5.91 Å². The SMILES string of the molecule is CCCCCCCC(=O)CC[C@@H]1[C@@H](CC=CCCCC(=O)NCC)[C@@H](OC2CCCCO2)C[C@H]1OC1CCCCO1. The van der Waals surface area contributed by atoms with Crippen molar-refractivity contribution in [3.63, 3.8) is 0 Å². The summed E-state index contributed by atoms with van der Waals surface area (Å²) in [6.45, 7) is 6.38. The Labute approximate surface area is 249 Å². The van der Waals surface area contributed by atoms with Gasteiger partial charge in [-0.2, -0.15) is 0 Å². The van der Waals surface area contributed by atoms with Crippen molar-refractivity contribution in [2.75, 3.05) is 19.8 Å². The fourth-order valence-electron chi connectivity index (χ4n) is 6.61. The molecule has 6 atom stereocenters. The van der Waals surface area contributed by atoms with Gasteiger partial charge in [0.15, 0.2) is 12.6 Å². The van der Waals surface area contributed by atoms with Crippen molar-refractivity contribution < 1.29 is 28.5 Å². The molecule has 2 unspecified atom stereocenters. The number of unbranched alkanes of at least 4 members (excludes halogenated alkanes) is 5. The summed E-state index contributed by atoms with van der Waals surface area (Å²) in [5, 5.41) is 2.87. The van der Waals surface area contributed by atoms with Crippen molar-refractivity contribution in [3.05, 3.63) is 12.2 Å². The van der Waals surface area contributed by atoms with Crippen molar-refractivity contribution in [3.8, 4) is 0 Å². The highest BCUT2D eigenvalue weighted by Crippen LogP contribution is 2.43. The first-order chi connectivity index (χ1) is 20.1. The summed E-state index contributed by atoms with van der Waals surface area (Å²) < 4.78 is 25.3. The smallest absolute Gasteiger partial charge is 0.219 e. The van der Waals surface area contributed by atoms with E-state index in [4.69, 9.17) is 18.9 Å². The molecule has 7 heteroatoms. The zero-order valence-corrected chi connectivity index (χ0v) is 26.1. The Bertz CT molecular complexity index is 745. The van der Waals surface area contributed by atoms with Crippen LogP contribution in [0.2, 0.25) is 0 Å². The van der Waals surface area contributed by atoms with Gasteiger partial charge in [0, 0.05) is 45.4 Å². The molecule has 2 saturated heterocycles. The molecule has 236 valence electrons. The number of hydrogen-bond donors (Lipinski definition) is 1. The monoisotopic (exact) mass is 577 g/mol. The van der Waals surface area contributed by atoms with Crippen LogP contribution >= 0.6 is 0 Å². The first kappa shape index (κ1) is 34.2. The molecule has 1 saturated carbocycles. The summed E-state index contributed by atoms with van der Waals surface area (Å²) in [6, 6.07) is 0. The van der Waals surface area contributed by atoms with Crippen LogP contribution in [-0.2, 0) is 28.5 Å². The van der Waals surface area contributed by atoms with Crippen LogP contribution in [0.15, 0.2) is 12.2 Å². The van der Waals surface area contributed by atoms with E-state index >= 15 is 0 Å². The largest absolute Gasteiger partial charge is 0.356 e. The Hall–Kier alpha value is -1.28. The third-order valence-electron chi connectivity index (χ3n) is 8.94. The standard InChI is InChI=1S/C34H59NO6/c1-3-5-6-7-10-17-27(36)22-23-29-28(18-11-8-9-12-19-32(37)35-4-2)30(40-33-20-13-15-24-38-33)26-31(29)41-34-21-14-16-25-39-34/h8,11,28-31,33-34H,3-7,9-10,12-26H2,1-2H3,(H,35,37)/t28-,29-,30+,31-,33?,34?/m1/s1. The molecule has 2 heterocycles. The Morgan fingerprint density at radius 1 is 0.780 bits per heavy atom. The summed E-state index contributed by atoms with van der Waals surface area (Å²) in [5.74, 6) is 1.02. The number of Topliss-reactive ketones (excluding diaryl/α,β-unsaturated/α-hetero) is 1. The highest BCUT2D eigenvalue weighted by Gasteiger charge is 2.46. The average Bonchev–Trinajstić information content (AvgIpc) is 3.29. The zero-order valence-electron chi connectivity index (χ0n) is 26.1. The van der Waals surface area contributed by atoms with Gasteiger partial charge in [-0.25, -0.2) is 0 Å². The highest BCUT2D eigenvalue weighted by molar-refractivity contribution is 5.78. The van der Waals surface area contributed by atoms with Crippen molar-refractivity contribution in [1.82, 2.24) is 5.32 Å². The molecule has 1 N–H and O–H groups in total. The van der Waals surface area contributed by atoms with Crippen molar-refractivity contribution >= 4 is 11.7 Å². The Kier molecular flexibility index (Phi) is 17.2. The lowest BCUT2D eigenvalue weighted by Crippen LogP contribution is -2.32. The second-order valence-electron chi connectivity index (χ2n) is 12.3. The molecule has 41 heavy (non-hydrogen) atoms. The van der Waals surface area contributed by atoms with Crippen LogP contribution < -0.4 is 5.32 Å². The predicted octanol–water partition coefficient (Wildman–Crippen LogP) is 7.41. The Morgan fingerprint density at radius 2 is 1.46 bits per heavy atom. The summed E-state index contributed by atoms with van der Waals surface area (Å²) in [7, 11) is 0. The molecular formula is C34H59NO6. The minimum atomic E-state index is -0.152. The third kappa shape index (κ3) is 13.3. The molecule has 3 fully saturated rings. The number of nitrogens with one attached hydrogen (secondary N) is 1. The summed E-state index contributed by atoms with van der Waals surface area (Å²) in [5.41, 5.74) is 0. The zero-order chi connectivity index (χ0) is 29.1. The first-order valence-electron chi connectivity index (χ1n) is 17.1. The van der Waals surface area contributed by atoms with E-state index in [2.05, 4.69) is 24.4 Å². The van der Waals surface area contributed by atoms with Gasteiger partial charge >= 0.3 is 0 Å². The number of carbonyl (C=O) groups excluding carboxylic acids is 2. The van der Waals surface area contributed by atoms with Crippen LogP contribution in [0.1, 0.15) is 136 Å². The fourth-order valence-corrected chi connectivity index (χ4v) is 6.61. The molecule has 3 rings (SSSR count). The number of rotatable bonds is 20. The molecule has 1 aliphatic carbocycles. The molecule has 0 radical (unpaired) electrons. The van der Waals surface area contributed by atoms with Gasteiger partial charge in [0.1, 0.15) is 5.78 Å². The molecular weight excluding hydrogens is 518 g/mol. The van der Waals surface area contributed by atoms with Crippen LogP contribution in [-0.4, -0.2) is 56.2 Å². The Balaban J connectivity index is 1.63. The number of hydrogen-bond acceptors (Lipinski definition) is 6. The van der Waals surface area contributed by atoms with E-state index in [0.29, 0.717) is 31.6 Å². The third-order valence-corrected chi connectivity index (χ3v) is 8.94. The number of ether oxygens (including phenoxy) is 4. The van der Waals surface area contributed by atoms with E-state index in [9.17, 15) is 9.59 Å². The maximum Gasteiger partial charge on any atom is 0.219 e. The van der Waals surface area contributed by atoms with Crippen molar-refractivity contribution in [1.29, 1.82) is 0 Å². The van der Waals surface area contributed by atoms with Gasteiger partial charge in [-0.1, -0.05) is 44.8 Å². The van der Waals surface area contributed by atoms with Crippen molar-refractivity contribution in [2.45, 2.75) is 161 Å². The number of ketones is 1. The van der Waals surface area contributed by atoms with E-state index in [0.717, 1.165) is 96.7 Å². The van der Waals surface area contributed by atoms with Crippen LogP contribution in [0.4, 0.5) is 0 Å². The van der Waals surface area contributed by atoms with Gasteiger partial charge < -0.3 is 24.3 Å². The second-order valence-corrected chi connectivity index (χ2v) is 12.3. The molecule has 7 nitrogen and oxygen atoms in total. The van der Waals surface area contributed by atoms with Gasteiger partial charge in [0.05, 0.1) is 12.2 Å². The van der Waals surface area contributed by atoms with Crippen molar-refractivity contribution in [2.24, 2.45) is 11.8 Å². The van der Waals surface area contributed by atoms with Crippen LogP contribution in [0.25, 0.3) is 0 Å². The lowest BCUT2D eigenvalue weighted by Gasteiger charge is -2.31. The lowest BCUT2D eigenvalue weighted by atomic mass is 9.85. The number of allylic oxidation sites excluding steroid dienone is 2. The van der Waals surface area contributed by atoms with E-state index < -0.39 is 0 Å². The lowest BCUT2D eigenvalue weighted by molar-refractivity contribution is -0.204. The van der Waals surface area contributed by atoms with Gasteiger partial charge in [-0.05, 0) is 89.4 Å². The molecule has 3 aliphatic rings. The second kappa shape index (κ2) is 20.6. The summed E-state index contributed by atoms with van der Waals surface area (Å²) >= 11 is 0. The maximum absolute atomic E-state index is 12.9. The summed E-state index contributed by atoms with van der Waals surface area (Å²) in [4.78, 5) is 24.7. The average molecular weight is 578 g/mol. The fraction of sp³-hybridized carbons (Fsp3) is 0.882. The Morgan fingerprint density at radius 3 is 2.10 bits per heavy atom. The quantitative estimate of drug-likeness (QED) is 0.120. The van der Waals surface area contributed by atoms with Gasteiger partial charge in [-0.3, -0.25) is 9.59 Å². The molecule has 2 aliphatic heterocycles. The molecule has 0 aromatic carbocycles. The van der Waals surface area contributed by atoms with Gasteiger partial charge in [-0.15, -0.1) is 0 Å². The minimum Gasteiger partial charge on any atom is -0.356 e. The van der Waals surface area contributed by atoms with Crippen LogP contribution in [0.5, 0.6) is 0 Å². The van der Waals surface area contributed by atoms with E-state index in [1.165, 1.54) is 19.3 Å². The van der Waals surface area contributed by atoms with Crippen LogP contribution in [0, 0.1) is 11.8 Å². The summed E-state index contributed by atoms with van der Waals surface area (Å²) in [6.07, 6.45) is 22.6. The normalized spacial score (nSPS) is 28.7. The predicted molar refractivity (Wildman–Crippen MR) is 162 cm³/mol. The minimum absolute atomic E-state index is 0.0279. The topological polar surface area (TPSA) is 83.1 Å². The van der Waals surface area contributed by atoms with Crippen LogP contribution in [0.3, 0.4) is 0 Å².